The van der Waals surface area contributed by atoms with Crippen molar-refractivity contribution >= 4 is 22.6 Å². The van der Waals surface area contributed by atoms with Gasteiger partial charge in [-0.1, -0.05) is 0 Å². The standard InChI is InChI=1S/C23H22F5N5O3/c1-11-10-12(15-18(36-2)17(34)14-13(31-15)4-7-30-16(14)20(29)35)21(32-19(11)23(26,27)28)33-8-3-5-22(24,25)6-9-33/h4,7,10H,3,5-6,8-9H2,1-2H3,(H2,29,35)(H,31,34). The van der Waals surface area contributed by atoms with E-state index in [2.05, 4.69) is 15.0 Å². The normalized spacial score (nSPS) is 16.1. The third-order valence-electron chi connectivity index (χ3n) is 6.06. The third kappa shape index (κ3) is 4.56. The van der Waals surface area contributed by atoms with Gasteiger partial charge in [0.05, 0.1) is 23.7 Å². The van der Waals surface area contributed by atoms with Crippen molar-refractivity contribution in [3.05, 3.63) is 45.5 Å². The fourth-order valence-corrected chi connectivity index (χ4v) is 4.38. The van der Waals surface area contributed by atoms with Crippen molar-refractivity contribution in [2.24, 2.45) is 5.73 Å². The van der Waals surface area contributed by atoms with Crippen molar-refractivity contribution in [2.45, 2.75) is 38.3 Å². The molecular formula is C23H22F5N5O3. The summed E-state index contributed by atoms with van der Waals surface area (Å²) in [4.78, 5) is 37.1. The van der Waals surface area contributed by atoms with E-state index in [1.807, 2.05) is 0 Å². The van der Waals surface area contributed by atoms with Crippen molar-refractivity contribution in [1.82, 2.24) is 15.0 Å². The number of aryl methyl sites for hydroxylation is 1. The monoisotopic (exact) mass is 511 g/mol. The zero-order valence-electron chi connectivity index (χ0n) is 19.3. The molecule has 1 aliphatic rings. The number of H-pyrrole nitrogens is 1. The highest BCUT2D eigenvalue weighted by Gasteiger charge is 2.38. The first kappa shape index (κ1) is 25.3. The lowest BCUT2D eigenvalue weighted by Crippen LogP contribution is -2.28. The van der Waals surface area contributed by atoms with Gasteiger partial charge in [0, 0.05) is 37.7 Å². The number of methoxy groups -OCH3 is 1. The lowest BCUT2D eigenvalue weighted by molar-refractivity contribution is -0.141. The maximum absolute atomic E-state index is 14.0. The minimum Gasteiger partial charge on any atom is -0.491 e. The molecule has 4 heterocycles. The molecule has 0 aromatic carbocycles. The largest absolute Gasteiger partial charge is 0.491 e. The second-order valence-corrected chi connectivity index (χ2v) is 8.53. The second kappa shape index (κ2) is 9.03. The number of anilines is 1. The molecule has 0 saturated carbocycles. The number of hydrogen-bond donors (Lipinski definition) is 2. The number of hydrogen-bond acceptors (Lipinski definition) is 6. The van der Waals surface area contributed by atoms with E-state index in [-0.39, 0.29) is 64.5 Å². The number of nitrogens with one attached hydrogen (secondary N) is 1. The molecule has 3 aromatic heterocycles. The van der Waals surface area contributed by atoms with Crippen LogP contribution in [0.5, 0.6) is 5.75 Å². The number of primary amides is 1. The zero-order chi connectivity index (χ0) is 26.4. The number of carbonyl (C=O) groups is 1. The van der Waals surface area contributed by atoms with E-state index in [4.69, 9.17) is 10.5 Å². The van der Waals surface area contributed by atoms with Crippen molar-refractivity contribution < 1.29 is 31.5 Å². The number of aromatic nitrogens is 3. The highest BCUT2D eigenvalue weighted by molar-refractivity contribution is 6.04. The van der Waals surface area contributed by atoms with Crippen LogP contribution in [0.15, 0.2) is 23.1 Å². The first-order valence-corrected chi connectivity index (χ1v) is 10.9. The quantitative estimate of drug-likeness (QED) is 0.511. The minimum absolute atomic E-state index is 0.0213. The molecule has 8 nitrogen and oxygen atoms in total. The molecule has 0 bridgehead atoms. The number of aromatic amines is 1. The number of pyridine rings is 3. The average molecular weight is 511 g/mol. The summed E-state index contributed by atoms with van der Waals surface area (Å²) >= 11 is 0. The molecule has 0 aliphatic carbocycles. The predicted octanol–water partition coefficient (Wildman–Crippen LogP) is 4.05. The maximum Gasteiger partial charge on any atom is 0.433 e. The Morgan fingerprint density at radius 1 is 1.25 bits per heavy atom. The fourth-order valence-electron chi connectivity index (χ4n) is 4.38. The Morgan fingerprint density at radius 2 is 1.97 bits per heavy atom. The number of nitrogens with zero attached hydrogens (tertiary/aromatic N) is 3. The lowest BCUT2D eigenvalue weighted by Gasteiger charge is -2.26. The average Bonchev–Trinajstić information content (AvgIpc) is 2.97. The summed E-state index contributed by atoms with van der Waals surface area (Å²) in [6, 6.07) is 2.58. The number of ether oxygens (including phenoxy) is 1. The number of fused-ring (bicyclic) bond motifs is 1. The molecule has 1 fully saturated rings. The third-order valence-corrected chi connectivity index (χ3v) is 6.06. The van der Waals surface area contributed by atoms with Crippen LogP contribution >= 0.6 is 0 Å². The number of alkyl halides is 5. The molecule has 0 radical (unpaired) electrons. The van der Waals surface area contributed by atoms with Crippen LogP contribution in [0.25, 0.3) is 22.2 Å². The summed E-state index contributed by atoms with van der Waals surface area (Å²) in [7, 11) is 1.18. The first-order valence-electron chi connectivity index (χ1n) is 10.9. The van der Waals surface area contributed by atoms with Crippen molar-refractivity contribution in [3.8, 4) is 17.0 Å². The van der Waals surface area contributed by atoms with E-state index < -0.39 is 42.0 Å². The summed E-state index contributed by atoms with van der Waals surface area (Å²) in [5.41, 5.74) is 3.02. The van der Waals surface area contributed by atoms with Crippen LogP contribution < -0.4 is 20.8 Å². The van der Waals surface area contributed by atoms with Gasteiger partial charge in [-0.3, -0.25) is 14.6 Å². The highest BCUT2D eigenvalue weighted by atomic mass is 19.4. The first-order chi connectivity index (χ1) is 16.8. The molecule has 1 aliphatic heterocycles. The Hall–Kier alpha value is -3.77. The molecule has 36 heavy (non-hydrogen) atoms. The minimum atomic E-state index is -4.80. The van der Waals surface area contributed by atoms with E-state index >= 15 is 0 Å². The van der Waals surface area contributed by atoms with Crippen LogP contribution in [0, 0.1) is 6.92 Å². The van der Waals surface area contributed by atoms with Crippen LogP contribution in [0.1, 0.15) is 41.0 Å². The Balaban J connectivity index is 2.03. The smallest absolute Gasteiger partial charge is 0.433 e. The van der Waals surface area contributed by atoms with Crippen molar-refractivity contribution in [2.75, 3.05) is 25.1 Å². The molecule has 3 aromatic rings. The number of nitrogens with two attached hydrogens (primary N) is 1. The van der Waals surface area contributed by atoms with E-state index in [0.29, 0.717) is 0 Å². The molecular weight excluding hydrogens is 489 g/mol. The van der Waals surface area contributed by atoms with Gasteiger partial charge in [-0.2, -0.15) is 13.2 Å². The van der Waals surface area contributed by atoms with Gasteiger partial charge < -0.3 is 20.4 Å². The highest BCUT2D eigenvalue weighted by Crippen LogP contribution is 2.40. The summed E-state index contributed by atoms with van der Waals surface area (Å²) in [5, 5.41) is -0.154. The maximum atomic E-state index is 14.0. The Bertz CT molecular complexity index is 1400. The van der Waals surface area contributed by atoms with E-state index in [0.717, 1.165) is 0 Å². The second-order valence-electron chi connectivity index (χ2n) is 8.53. The van der Waals surface area contributed by atoms with Crippen LogP contribution in [-0.4, -0.2) is 47.0 Å². The number of rotatable bonds is 4. The topological polar surface area (TPSA) is 114 Å². The Kier molecular flexibility index (Phi) is 6.35. The summed E-state index contributed by atoms with van der Waals surface area (Å²) in [6.45, 7) is 0.996. The molecule has 0 atom stereocenters. The Morgan fingerprint density at radius 3 is 2.61 bits per heavy atom. The number of halogens is 5. The molecule has 192 valence electrons. The van der Waals surface area contributed by atoms with Gasteiger partial charge in [0.15, 0.2) is 5.75 Å². The molecule has 4 rings (SSSR count). The molecule has 3 N–H and O–H groups in total. The summed E-state index contributed by atoms with van der Waals surface area (Å²) in [5.74, 6) is -4.46. The molecule has 0 spiro atoms. The van der Waals surface area contributed by atoms with Gasteiger partial charge >= 0.3 is 6.18 Å². The number of carbonyl (C=O) groups excluding carboxylic acids is 1. The molecule has 13 heteroatoms. The summed E-state index contributed by atoms with van der Waals surface area (Å²) < 4.78 is 74.6. The summed E-state index contributed by atoms with van der Waals surface area (Å²) in [6.07, 6.45) is -4.50. The van der Waals surface area contributed by atoms with Crippen molar-refractivity contribution in [1.29, 1.82) is 0 Å². The molecule has 0 unspecified atom stereocenters. The fraction of sp³-hybridized carbons (Fsp3) is 0.391. The van der Waals surface area contributed by atoms with Gasteiger partial charge in [0.1, 0.15) is 17.2 Å². The predicted molar refractivity (Wildman–Crippen MR) is 121 cm³/mol. The van der Waals surface area contributed by atoms with Crippen LogP contribution in [0.2, 0.25) is 0 Å². The zero-order valence-corrected chi connectivity index (χ0v) is 19.3. The molecule has 1 amide bonds. The SMILES string of the molecule is COc1c(-c2cc(C)c(C(F)(F)F)nc2N2CCCC(F)(F)CC2)[nH]c2ccnc(C(N)=O)c2c1=O. The lowest BCUT2D eigenvalue weighted by atomic mass is 10.0. The van der Waals surface area contributed by atoms with Crippen LogP contribution in [-0.2, 0) is 6.18 Å². The van der Waals surface area contributed by atoms with Gasteiger partial charge in [0.2, 0.25) is 11.4 Å². The van der Waals surface area contributed by atoms with E-state index in [1.165, 1.54) is 37.3 Å². The van der Waals surface area contributed by atoms with Gasteiger partial charge in [-0.25, -0.2) is 13.8 Å². The van der Waals surface area contributed by atoms with Gasteiger partial charge in [0.25, 0.3) is 5.91 Å². The van der Waals surface area contributed by atoms with E-state index in [9.17, 15) is 31.5 Å². The van der Waals surface area contributed by atoms with Crippen molar-refractivity contribution in [3.63, 3.8) is 0 Å². The number of amides is 1. The molecule has 1 saturated heterocycles. The van der Waals surface area contributed by atoms with E-state index in [1.54, 1.807) is 0 Å². The Labute approximate surface area is 201 Å². The van der Waals surface area contributed by atoms with Crippen LogP contribution in [0.4, 0.5) is 27.8 Å². The van der Waals surface area contributed by atoms with Gasteiger partial charge in [-0.05, 0) is 31.0 Å². The van der Waals surface area contributed by atoms with Gasteiger partial charge in [-0.15, -0.1) is 0 Å². The van der Waals surface area contributed by atoms with Crippen LogP contribution in [0.3, 0.4) is 0 Å².